The molecule has 0 amide bonds. The fraction of sp³-hybridized carbons (Fsp3) is 0.680. The van der Waals surface area contributed by atoms with Crippen molar-refractivity contribution in [1.82, 2.24) is 0 Å². The van der Waals surface area contributed by atoms with E-state index in [1.165, 1.54) is 44.9 Å². The number of hydrogen-bond donors (Lipinski definition) is 3. The lowest BCUT2D eigenvalue weighted by atomic mass is 10.00. The molecule has 6 heteroatoms. The Balaban J connectivity index is 2.00. The molecule has 0 bridgehead atoms. The number of esters is 2. The molecular formula is C25H40O6. The Bertz CT molecular complexity index is 632. The summed E-state index contributed by atoms with van der Waals surface area (Å²) in [7, 11) is 0. The van der Waals surface area contributed by atoms with Gasteiger partial charge >= 0.3 is 11.9 Å². The van der Waals surface area contributed by atoms with Gasteiger partial charge in [-0.1, -0.05) is 70.4 Å². The number of aliphatic hydroxyl groups excluding tert-OH is 3. The number of rotatable bonds is 16. The molecule has 1 unspecified atom stereocenters. The van der Waals surface area contributed by atoms with Gasteiger partial charge < -0.3 is 20.1 Å². The van der Waals surface area contributed by atoms with Gasteiger partial charge in [0.15, 0.2) is 11.5 Å². The molecule has 1 rings (SSSR count). The summed E-state index contributed by atoms with van der Waals surface area (Å²) < 4.78 is 4.76. The first kappa shape index (κ1) is 27.0. The second-order valence-corrected chi connectivity index (χ2v) is 8.26. The number of allylic oxidation sites excluding steroid dienone is 3. The van der Waals surface area contributed by atoms with Gasteiger partial charge in [-0.3, -0.25) is 4.79 Å². The zero-order chi connectivity index (χ0) is 22.9. The van der Waals surface area contributed by atoms with Crippen LogP contribution in [0, 0.1) is 0 Å². The predicted octanol–water partition coefficient (Wildman–Crippen LogP) is 6.11. The van der Waals surface area contributed by atoms with Crippen LogP contribution in [0.3, 0.4) is 0 Å². The van der Waals surface area contributed by atoms with Gasteiger partial charge in [-0.2, -0.15) is 0 Å². The lowest BCUT2D eigenvalue weighted by Gasteiger charge is -2.17. The fourth-order valence-electron chi connectivity index (χ4n) is 3.48. The van der Waals surface area contributed by atoms with Crippen LogP contribution in [0.2, 0.25) is 0 Å². The summed E-state index contributed by atoms with van der Waals surface area (Å²) in [6.45, 7) is 2.24. The van der Waals surface area contributed by atoms with Crippen molar-refractivity contribution in [3.05, 3.63) is 35.3 Å². The second kappa shape index (κ2) is 16.6. The largest absolute Gasteiger partial charge is 0.506 e. The van der Waals surface area contributed by atoms with E-state index in [-0.39, 0.29) is 18.4 Å². The van der Waals surface area contributed by atoms with Gasteiger partial charge in [0, 0.05) is 18.4 Å². The van der Waals surface area contributed by atoms with E-state index < -0.39 is 29.6 Å². The SMILES string of the molecule is CCCCCCCC/C=C\CCCCCCCC(=O)OC(=O)C1=CC(O)=C(O)C(O)C1. The van der Waals surface area contributed by atoms with Crippen molar-refractivity contribution in [2.75, 3.05) is 0 Å². The number of carbonyl (C=O) groups is 2. The molecule has 0 fully saturated rings. The van der Waals surface area contributed by atoms with Crippen molar-refractivity contribution in [2.45, 2.75) is 109 Å². The Morgan fingerprint density at radius 1 is 0.935 bits per heavy atom. The molecule has 31 heavy (non-hydrogen) atoms. The summed E-state index contributed by atoms with van der Waals surface area (Å²) in [5.74, 6) is -2.68. The maximum atomic E-state index is 11.9. The number of hydrogen-bond acceptors (Lipinski definition) is 6. The molecule has 176 valence electrons. The van der Waals surface area contributed by atoms with E-state index >= 15 is 0 Å². The van der Waals surface area contributed by atoms with Crippen LogP contribution in [0.5, 0.6) is 0 Å². The highest BCUT2D eigenvalue weighted by molar-refractivity contribution is 5.96. The van der Waals surface area contributed by atoms with E-state index in [0.29, 0.717) is 6.42 Å². The predicted molar refractivity (Wildman–Crippen MR) is 122 cm³/mol. The molecule has 3 N–H and O–H groups in total. The molecule has 0 aromatic rings. The normalized spacial score (nSPS) is 16.6. The third kappa shape index (κ3) is 12.4. The van der Waals surface area contributed by atoms with E-state index in [4.69, 9.17) is 4.74 Å². The number of ether oxygens (including phenoxy) is 1. The van der Waals surface area contributed by atoms with Gasteiger partial charge in [-0.25, -0.2) is 4.79 Å². The average molecular weight is 437 g/mol. The molecule has 0 aliphatic heterocycles. The Hall–Kier alpha value is -2.08. The monoisotopic (exact) mass is 436 g/mol. The van der Waals surface area contributed by atoms with E-state index in [2.05, 4.69) is 19.1 Å². The standard InChI is InChI=1S/C25H40O6/c1-2-3-4-5-6-7-8-9-10-11-12-13-14-15-16-17-23(28)31-25(30)20-18-21(26)24(29)22(27)19-20/h9-10,18,22,26-27,29H,2-8,11-17,19H2,1H3/b10-9-. The van der Waals surface area contributed by atoms with Crippen molar-refractivity contribution in [1.29, 1.82) is 0 Å². The zero-order valence-corrected chi connectivity index (χ0v) is 19.0. The third-order valence-electron chi connectivity index (χ3n) is 5.41. The van der Waals surface area contributed by atoms with Crippen LogP contribution >= 0.6 is 0 Å². The van der Waals surface area contributed by atoms with Gasteiger partial charge in [0.25, 0.3) is 0 Å². The van der Waals surface area contributed by atoms with Crippen molar-refractivity contribution in [3.63, 3.8) is 0 Å². The molecule has 0 aromatic carbocycles. The first-order valence-corrected chi connectivity index (χ1v) is 11.9. The number of carbonyl (C=O) groups excluding carboxylic acids is 2. The van der Waals surface area contributed by atoms with Crippen molar-refractivity contribution in [3.8, 4) is 0 Å². The maximum absolute atomic E-state index is 11.9. The van der Waals surface area contributed by atoms with Crippen LogP contribution in [-0.2, 0) is 14.3 Å². The van der Waals surface area contributed by atoms with Crippen molar-refractivity contribution in [2.24, 2.45) is 0 Å². The molecule has 1 aliphatic carbocycles. The third-order valence-corrected chi connectivity index (χ3v) is 5.41. The highest BCUT2D eigenvalue weighted by atomic mass is 16.6. The first-order chi connectivity index (χ1) is 15.0. The van der Waals surface area contributed by atoms with Crippen LogP contribution < -0.4 is 0 Å². The minimum atomic E-state index is -1.37. The summed E-state index contributed by atoms with van der Waals surface area (Å²) in [6, 6.07) is 0. The Morgan fingerprint density at radius 2 is 1.48 bits per heavy atom. The molecular weight excluding hydrogens is 396 g/mol. The van der Waals surface area contributed by atoms with Crippen molar-refractivity contribution < 1.29 is 29.6 Å². The van der Waals surface area contributed by atoms with Crippen LogP contribution in [0.15, 0.2) is 35.3 Å². The van der Waals surface area contributed by atoms with E-state index in [0.717, 1.165) is 38.2 Å². The zero-order valence-electron chi connectivity index (χ0n) is 19.0. The molecule has 1 atom stereocenters. The smallest absolute Gasteiger partial charge is 0.341 e. The molecule has 0 spiro atoms. The topological polar surface area (TPSA) is 104 Å². The summed E-state index contributed by atoms with van der Waals surface area (Å²) in [5.41, 5.74) is -0.0410. The maximum Gasteiger partial charge on any atom is 0.341 e. The van der Waals surface area contributed by atoms with Gasteiger partial charge in [-0.15, -0.1) is 0 Å². The molecule has 0 saturated heterocycles. The van der Waals surface area contributed by atoms with Gasteiger partial charge in [0.1, 0.15) is 6.10 Å². The summed E-state index contributed by atoms with van der Waals surface area (Å²) in [4.78, 5) is 23.7. The summed E-state index contributed by atoms with van der Waals surface area (Å²) >= 11 is 0. The number of aliphatic hydroxyl groups is 3. The molecule has 1 aliphatic rings. The minimum absolute atomic E-state index is 0.0410. The lowest BCUT2D eigenvalue weighted by molar-refractivity contribution is -0.157. The molecule has 0 aromatic heterocycles. The molecule has 0 heterocycles. The lowest BCUT2D eigenvalue weighted by Crippen LogP contribution is -2.23. The van der Waals surface area contributed by atoms with Crippen molar-refractivity contribution >= 4 is 11.9 Å². The summed E-state index contributed by atoms with van der Waals surface area (Å²) in [6.07, 6.45) is 19.3. The van der Waals surface area contributed by atoms with Gasteiger partial charge in [-0.05, 0) is 38.2 Å². The van der Waals surface area contributed by atoms with Crippen LogP contribution in [0.25, 0.3) is 0 Å². The summed E-state index contributed by atoms with van der Waals surface area (Å²) in [5, 5.41) is 28.3. The van der Waals surface area contributed by atoms with E-state index in [1.807, 2.05) is 0 Å². The quantitative estimate of drug-likeness (QED) is 0.117. The van der Waals surface area contributed by atoms with Crippen LogP contribution in [-0.4, -0.2) is 33.4 Å². The number of unbranched alkanes of at least 4 members (excludes halogenated alkanes) is 11. The highest BCUT2D eigenvalue weighted by Crippen LogP contribution is 2.22. The van der Waals surface area contributed by atoms with Crippen LogP contribution in [0.4, 0.5) is 0 Å². The minimum Gasteiger partial charge on any atom is -0.506 e. The molecule has 6 nitrogen and oxygen atoms in total. The highest BCUT2D eigenvalue weighted by Gasteiger charge is 2.27. The first-order valence-electron chi connectivity index (χ1n) is 11.9. The Kier molecular flexibility index (Phi) is 14.4. The fourth-order valence-corrected chi connectivity index (χ4v) is 3.48. The van der Waals surface area contributed by atoms with Crippen LogP contribution in [0.1, 0.15) is 103 Å². The van der Waals surface area contributed by atoms with Gasteiger partial charge in [0.05, 0.1) is 0 Å². The van der Waals surface area contributed by atoms with E-state index in [1.54, 1.807) is 0 Å². The molecule has 0 radical (unpaired) electrons. The van der Waals surface area contributed by atoms with E-state index in [9.17, 15) is 24.9 Å². The second-order valence-electron chi connectivity index (χ2n) is 8.26. The average Bonchev–Trinajstić information content (AvgIpc) is 2.74. The Labute approximate surface area is 186 Å². The molecule has 0 saturated carbocycles. The van der Waals surface area contributed by atoms with Gasteiger partial charge in [0.2, 0.25) is 0 Å². The Morgan fingerprint density at radius 3 is 2.06 bits per heavy atom.